The third-order valence-electron chi connectivity index (χ3n) is 4.31. The molecule has 2 aromatic rings. The number of thioether (sulfide) groups is 2. The van der Waals surface area contributed by atoms with Crippen molar-refractivity contribution in [3.05, 3.63) is 25.5 Å². The Morgan fingerprint density at radius 3 is 2.69 bits per heavy atom. The number of nitrogens with zero attached hydrogens (tertiary/aromatic N) is 5. The summed E-state index contributed by atoms with van der Waals surface area (Å²) in [6, 6.07) is -2.65. The molecule has 2 aromatic heterocycles. The lowest BCUT2D eigenvalue weighted by Gasteiger charge is -2.49. The number of nitroso groups, excluding NO2 is 1. The highest BCUT2D eigenvalue weighted by atomic mass is 35.5. The van der Waals surface area contributed by atoms with Crippen molar-refractivity contribution >= 4 is 86.9 Å². The van der Waals surface area contributed by atoms with Gasteiger partial charge in [-0.2, -0.15) is 9.36 Å². The Hall–Kier alpha value is -2.47. The molecule has 2 amide bonds. The van der Waals surface area contributed by atoms with Gasteiger partial charge in [0.25, 0.3) is 11.8 Å². The summed E-state index contributed by atoms with van der Waals surface area (Å²) in [5, 5.41) is 14.3. The minimum atomic E-state index is -1.60. The first-order chi connectivity index (χ1) is 15.2. The molecule has 4 heterocycles. The molecule has 2 aliphatic heterocycles. The number of carbonyl (C=O) groups is 3. The van der Waals surface area contributed by atoms with E-state index in [2.05, 4.69) is 24.8 Å². The van der Waals surface area contributed by atoms with Crippen LogP contribution in [0.3, 0.4) is 0 Å². The van der Waals surface area contributed by atoms with Crippen LogP contribution < -0.4 is 16.8 Å². The third-order valence-corrected chi connectivity index (χ3v) is 8.73. The van der Waals surface area contributed by atoms with Crippen molar-refractivity contribution in [2.75, 3.05) is 17.2 Å². The number of hydrogen-bond acceptors (Lipinski definition) is 14. The van der Waals surface area contributed by atoms with Crippen LogP contribution in [0.25, 0.3) is 0 Å². The average Bonchev–Trinajstić information content (AvgIpc) is 3.30. The van der Waals surface area contributed by atoms with E-state index < -0.39 is 35.2 Å². The fourth-order valence-electron chi connectivity index (χ4n) is 2.99. The van der Waals surface area contributed by atoms with E-state index in [1.807, 2.05) is 0 Å². The Labute approximate surface area is 200 Å². The highest BCUT2D eigenvalue weighted by molar-refractivity contribution is 8.07. The van der Waals surface area contributed by atoms with Crippen LogP contribution in [0.5, 0.6) is 0 Å². The highest BCUT2D eigenvalue weighted by Gasteiger charge is 2.55. The summed E-state index contributed by atoms with van der Waals surface area (Å²) < 4.78 is 4.31. The number of anilines is 2. The van der Waals surface area contributed by atoms with Crippen LogP contribution in [0.15, 0.2) is 20.1 Å². The van der Waals surface area contributed by atoms with E-state index >= 15 is 0 Å². The molecule has 1 saturated heterocycles. The molecule has 32 heavy (non-hydrogen) atoms. The van der Waals surface area contributed by atoms with Crippen LogP contribution in [-0.4, -0.2) is 59.3 Å². The molecule has 0 aliphatic carbocycles. The molecule has 18 heteroatoms. The molecule has 13 nitrogen and oxygen atoms in total. The topological polar surface area (TPSA) is 207 Å². The van der Waals surface area contributed by atoms with Gasteiger partial charge in [-0.15, -0.1) is 16.7 Å². The van der Waals surface area contributed by atoms with Gasteiger partial charge < -0.3 is 21.9 Å². The molecule has 0 bridgehead atoms. The van der Waals surface area contributed by atoms with Gasteiger partial charge in [0, 0.05) is 10.7 Å². The van der Waals surface area contributed by atoms with Crippen molar-refractivity contribution in [1.29, 1.82) is 0 Å². The number of aromatic nitrogens is 3. The van der Waals surface area contributed by atoms with E-state index in [1.165, 1.54) is 11.8 Å². The maximum atomic E-state index is 12.7. The van der Waals surface area contributed by atoms with Crippen molar-refractivity contribution in [3.63, 3.8) is 0 Å². The molecule has 4 rings (SSSR count). The summed E-state index contributed by atoms with van der Waals surface area (Å²) in [5.41, 5.74) is 10.7. The first-order valence-electron chi connectivity index (χ1n) is 8.44. The van der Waals surface area contributed by atoms with Crippen molar-refractivity contribution in [2.24, 2.45) is 5.18 Å². The molecule has 1 fully saturated rings. The molecule has 0 aromatic carbocycles. The summed E-state index contributed by atoms with van der Waals surface area (Å²) in [6.45, 7) is 0. The minimum Gasteiger partial charge on any atom is -0.477 e. The van der Waals surface area contributed by atoms with E-state index in [0.717, 1.165) is 39.5 Å². The molecule has 2 aliphatic rings. The SMILES string of the molecule is Nc1nsc(SC2=C(C(=O)O)N3C(=O)[C@@H](NC(=O)C(N=O)c4nc(N)sc4Cl)C3SC2)n1. The Balaban J connectivity index is 1.52. The summed E-state index contributed by atoms with van der Waals surface area (Å²) in [6.07, 6.45) is 0. The molecule has 0 radical (unpaired) electrons. The number of aliphatic carboxylic acids is 1. The Morgan fingerprint density at radius 2 is 2.12 bits per heavy atom. The van der Waals surface area contributed by atoms with Gasteiger partial charge in [-0.25, -0.2) is 9.78 Å². The first-order valence-corrected chi connectivity index (χ1v) is 12.3. The summed E-state index contributed by atoms with van der Waals surface area (Å²) in [5.74, 6) is -2.52. The maximum Gasteiger partial charge on any atom is 0.353 e. The van der Waals surface area contributed by atoms with E-state index in [0.29, 0.717) is 9.24 Å². The molecule has 2 unspecified atom stereocenters. The van der Waals surface area contributed by atoms with E-state index in [1.54, 1.807) is 0 Å². The number of amides is 2. The van der Waals surface area contributed by atoms with Crippen molar-refractivity contribution in [1.82, 2.24) is 24.6 Å². The zero-order valence-corrected chi connectivity index (χ0v) is 19.4. The lowest BCUT2D eigenvalue weighted by molar-refractivity contribution is -0.150. The quantitative estimate of drug-likeness (QED) is 0.291. The van der Waals surface area contributed by atoms with E-state index in [-0.39, 0.29) is 32.6 Å². The summed E-state index contributed by atoms with van der Waals surface area (Å²) >= 11 is 10.1. The predicted octanol–water partition coefficient (Wildman–Crippen LogP) is 1.11. The number of hydrogen-bond donors (Lipinski definition) is 4. The molecular weight excluding hydrogens is 524 g/mol. The zero-order valence-electron chi connectivity index (χ0n) is 15.4. The predicted molar refractivity (Wildman–Crippen MR) is 120 cm³/mol. The fourth-order valence-corrected chi connectivity index (χ4v) is 7.14. The van der Waals surface area contributed by atoms with Gasteiger partial charge in [0.2, 0.25) is 12.0 Å². The van der Waals surface area contributed by atoms with Crippen LogP contribution in [-0.2, 0) is 14.4 Å². The molecule has 0 spiro atoms. The van der Waals surface area contributed by atoms with E-state index in [4.69, 9.17) is 23.1 Å². The van der Waals surface area contributed by atoms with Crippen LogP contribution in [0.1, 0.15) is 11.7 Å². The number of carboxylic acids is 1. The molecule has 168 valence electrons. The standard InChI is InChI=1S/C14H11ClN8O5S4/c15-7-3(19-13(17)31-7)4(21-28)8(24)18-5-9(25)23-6(11(26)27)2(1-29-10(5)23)30-14-20-12(16)22-32-14/h4-5,10H,1H2,(H2,16,22)(H2,17,19)(H,18,24)(H,26,27)/t4?,5-,10?/m1/s1. The zero-order chi connectivity index (χ0) is 23.2. The van der Waals surface area contributed by atoms with Crippen LogP contribution in [0.2, 0.25) is 4.34 Å². The molecular formula is C14H11ClN8O5S4. The van der Waals surface area contributed by atoms with Gasteiger partial charge in [0.05, 0.1) is 0 Å². The number of nitrogen functional groups attached to an aromatic ring is 2. The number of rotatable bonds is 7. The van der Waals surface area contributed by atoms with Crippen molar-refractivity contribution in [2.45, 2.75) is 21.8 Å². The Kier molecular flexibility index (Phi) is 6.26. The maximum absolute atomic E-state index is 12.7. The number of nitrogens with one attached hydrogen (secondary N) is 1. The smallest absolute Gasteiger partial charge is 0.353 e. The molecule has 6 N–H and O–H groups in total. The lowest BCUT2D eigenvalue weighted by atomic mass is 10.0. The number of carbonyl (C=O) groups excluding carboxylic acids is 2. The second-order valence-corrected chi connectivity index (χ2v) is 11.0. The molecule has 3 atom stereocenters. The van der Waals surface area contributed by atoms with Gasteiger partial charge >= 0.3 is 5.97 Å². The van der Waals surface area contributed by atoms with Gasteiger partial charge in [0.15, 0.2) is 9.47 Å². The lowest BCUT2D eigenvalue weighted by Crippen LogP contribution is -2.70. The Morgan fingerprint density at radius 1 is 1.38 bits per heavy atom. The first kappa shape index (κ1) is 22.7. The Bertz CT molecular complexity index is 1170. The van der Waals surface area contributed by atoms with Crippen molar-refractivity contribution < 1.29 is 19.5 Å². The van der Waals surface area contributed by atoms with Gasteiger partial charge in [0.1, 0.15) is 27.1 Å². The number of halogens is 1. The summed E-state index contributed by atoms with van der Waals surface area (Å²) in [7, 11) is 0. The number of nitrogens with two attached hydrogens (primary N) is 2. The average molecular weight is 535 g/mol. The van der Waals surface area contributed by atoms with Crippen LogP contribution >= 0.6 is 58.0 Å². The van der Waals surface area contributed by atoms with Crippen LogP contribution in [0, 0.1) is 4.91 Å². The largest absolute Gasteiger partial charge is 0.477 e. The van der Waals surface area contributed by atoms with Gasteiger partial charge in [-0.3, -0.25) is 14.5 Å². The number of β-lactam (4-membered cyclic amide) rings is 1. The second-order valence-electron chi connectivity index (χ2n) is 6.21. The monoisotopic (exact) mass is 534 g/mol. The van der Waals surface area contributed by atoms with E-state index in [9.17, 15) is 24.4 Å². The summed E-state index contributed by atoms with van der Waals surface area (Å²) in [4.78, 5) is 57.8. The normalized spacial score (nSPS) is 21.0. The fraction of sp³-hybridized carbons (Fsp3) is 0.286. The number of thiazole rings is 1. The van der Waals surface area contributed by atoms with Crippen molar-refractivity contribution in [3.8, 4) is 0 Å². The molecule has 0 saturated carbocycles. The van der Waals surface area contributed by atoms with Crippen LogP contribution in [0.4, 0.5) is 11.1 Å². The van der Waals surface area contributed by atoms with Gasteiger partial charge in [-0.05, 0) is 16.7 Å². The highest BCUT2D eigenvalue weighted by Crippen LogP contribution is 2.45. The third kappa shape index (κ3) is 4.01. The number of carboxylic acid groups (broad SMARTS) is 1. The second kappa shape index (κ2) is 8.81. The number of fused-ring (bicyclic) bond motifs is 1. The minimum absolute atomic E-state index is 0.0333. The van der Waals surface area contributed by atoms with Gasteiger partial charge in [-0.1, -0.05) is 34.7 Å².